The number of carbonyl (C=O) groups excluding carboxylic acids is 1. The summed E-state index contributed by atoms with van der Waals surface area (Å²) in [7, 11) is 0. The highest BCUT2D eigenvalue weighted by molar-refractivity contribution is 7.99. The zero-order valence-corrected chi connectivity index (χ0v) is 14.0. The highest BCUT2D eigenvalue weighted by atomic mass is 35.5. The molecule has 1 spiro atoms. The van der Waals surface area contributed by atoms with E-state index in [9.17, 15) is 4.79 Å². The molecular weight excluding hydrogens is 322 g/mol. The molecule has 120 valence electrons. The average Bonchev–Trinajstić information content (AvgIpc) is 2.98. The molecular formula is C16H20ClNO3S. The summed E-state index contributed by atoms with van der Waals surface area (Å²) in [4.78, 5) is 15.3. The number of thioether (sulfide) groups is 1. The van der Waals surface area contributed by atoms with E-state index in [1.165, 1.54) is 0 Å². The smallest absolute Gasteiger partial charge is 0.223 e. The number of hydrogen-bond acceptors (Lipinski definition) is 4. The summed E-state index contributed by atoms with van der Waals surface area (Å²) in [5.41, 5.74) is 0. The largest absolute Gasteiger partial charge is 0.347 e. The molecule has 0 saturated carbocycles. The maximum Gasteiger partial charge on any atom is 0.223 e. The van der Waals surface area contributed by atoms with Crippen LogP contribution >= 0.6 is 23.4 Å². The van der Waals surface area contributed by atoms with Gasteiger partial charge >= 0.3 is 0 Å². The molecule has 0 atom stereocenters. The Labute approximate surface area is 140 Å². The minimum absolute atomic E-state index is 0.217. The van der Waals surface area contributed by atoms with Gasteiger partial charge in [-0.1, -0.05) is 11.6 Å². The first-order chi connectivity index (χ1) is 10.7. The monoisotopic (exact) mass is 341 g/mol. The third-order valence-electron chi connectivity index (χ3n) is 4.09. The highest BCUT2D eigenvalue weighted by Gasteiger charge is 2.40. The van der Waals surface area contributed by atoms with Crippen LogP contribution in [-0.2, 0) is 14.3 Å². The van der Waals surface area contributed by atoms with Gasteiger partial charge in [0, 0.05) is 48.0 Å². The Kier molecular flexibility index (Phi) is 5.29. The van der Waals surface area contributed by atoms with Gasteiger partial charge in [-0.05, 0) is 24.3 Å². The fourth-order valence-corrected chi connectivity index (χ4v) is 3.79. The highest BCUT2D eigenvalue weighted by Crippen LogP contribution is 2.31. The van der Waals surface area contributed by atoms with Gasteiger partial charge in [0.25, 0.3) is 0 Å². The number of rotatable bonds is 4. The topological polar surface area (TPSA) is 38.8 Å². The predicted octanol–water partition coefficient (Wildman–Crippen LogP) is 3.19. The van der Waals surface area contributed by atoms with Crippen LogP contribution in [-0.4, -0.2) is 48.7 Å². The van der Waals surface area contributed by atoms with E-state index in [-0.39, 0.29) is 5.91 Å². The summed E-state index contributed by atoms with van der Waals surface area (Å²) in [6.07, 6.45) is 2.12. The number of carbonyl (C=O) groups is 1. The van der Waals surface area contributed by atoms with E-state index in [1.807, 2.05) is 29.2 Å². The number of amides is 1. The zero-order valence-electron chi connectivity index (χ0n) is 12.4. The average molecular weight is 342 g/mol. The minimum atomic E-state index is -0.408. The van der Waals surface area contributed by atoms with Crippen molar-refractivity contribution in [1.82, 2.24) is 4.90 Å². The second kappa shape index (κ2) is 7.21. The second-order valence-electron chi connectivity index (χ2n) is 5.54. The van der Waals surface area contributed by atoms with Crippen LogP contribution in [0.3, 0.4) is 0 Å². The van der Waals surface area contributed by atoms with Crippen LogP contribution in [0, 0.1) is 0 Å². The first kappa shape index (κ1) is 16.1. The molecule has 0 unspecified atom stereocenters. The zero-order chi connectivity index (χ0) is 15.4. The molecule has 2 aliphatic rings. The van der Waals surface area contributed by atoms with Crippen LogP contribution in [0.4, 0.5) is 0 Å². The van der Waals surface area contributed by atoms with Crippen molar-refractivity contribution in [1.29, 1.82) is 0 Å². The summed E-state index contributed by atoms with van der Waals surface area (Å²) in [6.45, 7) is 2.80. The van der Waals surface area contributed by atoms with Crippen LogP contribution in [0.2, 0.25) is 5.02 Å². The molecule has 0 aliphatic carbocycles. The first-order valence-corrected chi connectivity index (χ1v) is 8.97. The first-order valence-electron chi connectivity index (χ1n) is 7.61. The van der Waals surface area contributed by atoms with Crippen LogP contribution in [0.5, 0.6) is 0 Å². The van der Waals surface area contributed by atoms with Crippen molar-refractivity contribution >= 4 is 29.3 Å². The van der Waals surface area contributed by atoms with Gasteiger partial charge in [0.2, 0.25) is 5.91 Å². The maximum atomic E-state index is 12.3. The van der Waals surface area contributed by atoms with E-state index in [4.69, 9.17) is 21.1 Å². The Hall–Kier alpha value is -0.750. The lowest BCUT2D eigenvalue weighted by Crippen LogP contribution is -2.47. The number of benzene rings is 1. The van der Waals surface area contributed by atoms with E-state index in [1.54, 1.807) is 11.8 Å². The van der Waals surface area contributed by atoms with Crippen LogP contribution < -0.4 is 0 Å². The van der Waals surface area contributed by atoms with Crippen LogP contribution in [0.25, 0.3) is 0 Å². The normalized spacial score (nSPS) is 20.5. The van der Waals surface area contributed by atoms with Crippen molar-refractivity contribution in [3.05, 3.63) is 29.3 Å². The summed E-state index contributed by atoms with van der Waals surface area (Å²) >= 11 is 7.54. The molecule has 4 nitrogen and oxygen atoms in total. The number of piperidine rings is 1. The number of ether oxygens (including phenoxy) is 2. The quantitative estimate of drug-likeness (QED) is 0.788. The molecule has 2 fully saturated rings. The van der Waals surface area contributed by atoms with E-state index < -0.39 is 5.79 Å². The summed E-state index contributed by atoms with van der Waals surface area (Å²) in [5, 5.41) is 0.735. The third-order valence-corrected chi connectivity index (χ3v) is 5.36. The molecule has 1 amide bonds. The Bertz CT molecular complexity index is 507. The number of likely N-dealkylation sites (tertiary alicyclic amines) is 1. The maximum absolute atomic E-state index is 12.3. The Balaban J connectivity index is 1.40. The van der Waals surface area contributed by atoms with Gasteiger partial charge in [-0.25, -0.2) is 0 Å². The summed E-state index contributed by atoms with van der Waals surface area (Å²) < 4.78 is 11.4. The lowest BCUT2D eigenvalue weighted by molar-refractivity contribution is -0.187. The van der Waals surface area contributed by atoms with Crippen LogP contribution in [0.1, 0.15) is 19.3 Å². The number of halogens is 1. The van der Waals surface area contributed by atoms with Crippen molar-refractivity contribution in [2.24, 2.45) is 0 Å². The molecule has 1 aromatic rings. The molecule has 1 aromatic carbocycles. The van der Waals surface area contributed by atoms with Crippen molar-refractivity contribution < 1.29 is 14.3 Å². The Morgan fingerprint density at radius 3 is 2.45 bits per heavy atom. The van der Waals surface area contributed by atoms with Gasteiger partial charge < -0.3 is 14.4 Å². The molecule has 0 N–H and O–H groups in total. The standard InChI is InChI=1S/C16H20ClNO3S/c17-13-1-3-14(4-2-13)22-12-5-15(19)18-8-6-16(7-9-18)20-10-11-21-16/h1-4H,5-12H2. The van der Waals surface area contributed by atoms with Crippen molar-refractivity contribution in [2.45, 2.75) is 29.9 Å². The molecule has 0 aromatic heterocycles. The molecule has 22 heavy (non-hydrogen) atoms. The minimum Gasteiger partial charge on any atom is -0.347 e. The summed E-state index contributed by atoms with van der Waals surface area (Å²) in [5.74, 6) is 0.596. The van der Waals surface area contributed by atoms with Crippen LogP contribution in [0.15, 0.2) is 29.2 Å². The van der Waals surface area contributed by atoms with E-state index in [0.717, 1.165) is 41.6 Å². The van der Waals surface area contributed by atoms with E-state index >= 15 is 0 Å². The molecule has 2 aliphatic heterocycles. The molecule has 3 rings (SSSR count). The lowest BCUT2D eigenvalue weighted by Gasteiger charge is -2.37. The van der Waals surface area contributed by atoms with Gasteiger partial charge in [0.05, 0.1) is 13.2 Å². The Morgan fingerprint density at radius 1 is 1.18 bits per heavy atom. The molecule has 2 heterocycles. The molecule has 6 heteroatoms. The fraction of sp³-hybridized carbons (Fsp3) is 0.562. The predicted molar refractivity (Wildman–Crippen MR) is 87.2 cm³/mol. The Morgan fingerprint density at radius 2 is 1.82 bits per heavy atom. The van der Waals surface area contributed by atoms with Gasteiger partial charge in [-0.15, -0.1) is 11.8 Å². The lowest BCUT2D eigenvalue weighted by atomic mass is 10.0. The summed E-state index contributed by atoms with van der Waals surface area (Å²) in [6, 6.07) is 7.71. The third kappa shape index (κ3) is 3.96. The molecule has 0 bridgehead atoms. The van der Waals surface area contributed by atoms with E-state index in [0.29, 0.717) is 19.6 Å². The fourth-order valence-electron chi connectivity index (χ4n) is 2.83. The number of hydrogen-bond donors (Lipinski definition) is 0. The van der Waals surface area contributed by atoms with Crippen molar-refractivity contribution in [3.63, 3.8) is 0 Å². The second-order valence-corrected chi connectivity index (χ2v) is 7.15. The van der Waals surface area contributed by atoms with E-state index in [2.05, 4.69) is 0 Å². The van der Waals surface area contributed by atoms with Gasteiger partial charge in [0.15, 0.2) is 5.79 Å². The molecule has 0 radical (unpaired) electrons. The van der Waals surface area contributed by atoms with Gasteiger partial charge in [0.1, 0.15) is 0 Å². The van der Waals surface area contributed by atoms with Gasteiger partial charge in [-0.3, -0.25) is 4.79 Å². The number of nitrogens with zero attached hydrogens (tertiary/aromatic N) is 1. The molecule has 2 saturated heterocycles. The van der Waals surface area contributed by atoms with Gasteiger partial charge in [-0.2, -0.15) is 0 Å². The van der Waals surface area contributed by atoms with Crippen molar-refractivity contribution in [3.8, 4) is 0 Å². The SMILES string of the molecule is O=C(CCSc1ccc(Cl)cc1)N1CCC2(CC1)OCCO2. The van der Waals surface area contributed by atoms with Crippen molar-refractivity contribution in [2.75, 3.05) is 32.1 Å².